The molecule has 2 nitrogen and oxygen atoms in total. The van der Waals surface area contributed by atoms with Crippen molar-refractivity contribution < 1.29 is 4.74 Å². The van der Waals surface area contributed by atoms with Crippen molar-refractivity contribution in [2.75, 3.05) is 7.11 Å². The summed E-state index contributed by atoms with van der Waals surface area (Å²) < 4.78 is 5.46. The number of nitrogens with one attached hydrogen (secondary N) is 1. The fourth-order valence-electron chi connectivity index (χ4n) is 3.55. The number of rotatable bonds is 4. The number of ether oxygens (including phenoxy) is 1. The molecule has 0 bridgehead atoms. The Kier molecular flexibility index (Phi) is 4.87. The smallest absolute Gasteiger partial charge is 0.123 e. The topological polar surface area (TPSA) is 21.3 Å². The number of hydrogen-bond donors (Lipinski definition) is 1. The highest BCUT2D eigenvalue weighted by atomic mass is 16.5. The summed E-state index contributed by atoms with van der Waals surface area (Å²) >= 11 is 0. The molecule has 106 valence electrons. The number of para-hydroxylation sites is 1. The summed E-state index contributed by atoms with van der Waals surface area (Å²) in [5.74, 6) is 2.66. The molecule has 0 radical (unpaired) electrons. The zero-order valence-electron chi connectivity index (χ0n) is 12.6. The monoisotopic (exact) mass is 261 g/mol. The lowest BCUT2D eigenvalue weighted by Crippen LogP contribution is -2.37. The minimum Gasteiger partial charge on any atom is -0.496 e. The number of hydrogen-bond acceptors (Lipinski definition) is 2. The van der Waals surface area contributed by atoms with E-state index in [1.807, 2.05) is 12.1 Å². The van der Waals surface area contributed by atoms with Gasteiger partial charge >= 0.3 is 0 Å². The van der Waals surface area contributed by atoms with Gasteiger partial charge in [0.2, 0.25) is 0 Å². The van der Waals surface area contributed by atoms with Crippen LogP contribution in [0.3, 0.4) is 0 Å². The van der Waals surface area contributed by atoms with Gasteiger partial charge in [-0.25, -0.2) is 0 Å². The first-order valence-corrected chi connectivity index (χ1v) is 7.49. The summed E-state index contributed by atoms with van der Waals surface area (Å²) in [6.07, 6.45) is 3.97. The maximum absolute atomic E-state index is 5.46. The summed E-state index contributed by atoms with van der Waals surface area (Å²) in [6.45, 7) is 6.98. The summed E-state index contributed by atoms with van der Waals surface area (Å²) in [5, 5.41) is 3.79. The fraction of sp³-hybridized carbons (Fsp3) is 0.647. The average Bonchev–Trinajstić information content (AvgIpc) is 2.37. The Bertz CT molecular complexity index is 394. The number of methoxy groups -OCH3 is 1. The van der Waals surface area contributed by atoms with E-state index in [2.05, 4.69) is 38.2 Å². The lowest BCUT2D eigenvalue weighted by Gasteiger charge is -2.34. The molecular formula is C17H27NO. The summed E-state index contributed by atoms with van der Waals surface area (Å²) in [7, 11) is 1.75. The first-order chi connectivity index (χ1) is 9.10. The van der Waals surface area contributed by atoms with Gasteiger partial charge in [0.15, 0.2) is 0 Å². The molecule has 0 saturated heterocycles. The largest absolute Gasteiger partial charge is 0.496 e. The predicted molar refractivity (Wildman–Crippen MR) is 80.5 cm³/mol. The molecule has 1 saturated carbocycles. The zero-order chi connectivity index (χ0) is 13.8. The van der Waals surface area contributed by atoms with E-state index in [4.69, 9.17) is 4.74 Å². The molecule has 1 aliphatic rings. The van der Waals surface area contributed by atoms with Crippen molar-refractivity contribution in [2.45, 2.75) is 52.1 Å². The number of benzene rings is 1. The second-order valence-electron chi connectivity index (χ2n) is 6.24. The average molecular weight is 261 g/mol. The Morgan fingerprint density at radius 1 is 1.11 bits per heavy atom. The van der Waals surface area contributed by atoms with Crippen LogP contribution in [0.5, 0.6) is 5.75 Å². The molecule has 1 aliphatic carbocycles. The van der Waals surface area contributed by atoms with Crippen LogP contribution in [-0.2, 0) is 0 Å². The normalized spacial score (nSPS) is 28.9. The van der Waals surface area contributed by atoms with Gasteiger partial charge in [0.1, 0.15) is 5.75 Å². The van der Waals surface area contributed by atoms with Gasteiger partial charge in [0, 0.05) is 17.6 Å². The minimum atomic E-state index is 0.346. The highest BCUT2D eigenvalue weighted by Crippen LogP contribution is 2.31. The van der Waals surface area contributed by atoms with E-state index in [1.165, 1.54) is 24.8 Å². The molecule has 0 amide bonds. The van der Waals surface area contributed by atoms with Crippen LogP contribution >= 0.6 is 0 Å². The third-order valence-electron chi connectivity index (χ3n) is 4.27. The maximum Gasteiger partial charge on any atom is 0.123 e. The van der Waals surface area contributed by atoms with Crippen LogP contribution in [0.25, 0.3) is 0 Å². The van der Waals surface area contributed by atoms with Gasteiger partial charge in [0.05, 0.1) is 7.11 Å². The molecule has 0 heterocycles. The molecule has 1 aromatic rings. The molecule has 2 rings (SSSR count). The Balaban J connectivity index is 2.02. The third-order valence-corrected chi connectivity index (χ3v) is 4.27. The van der Waals surface area contributed by atoms with Crippen LogP contribution in [0, 0.1) is 11.8 Å². The first-order valence-electron chi connectivity index (χ1n) is 7.49. The zero-order valence-corrected chi connectivity index (χ0v) is 12.6. The van der Waals surface area contributed by atoms with Gasteiger partial charge in [-0.3, -0.25) is 0 Å². The van der Waals surface area contributed by atoms with Crippen LogP contribution in [0.15, 0.2) is 24.3 Å². The van der Waals surface area contributed by atoms with Gasteiger partial charge in [0.25, 0.3) is 0 Å². The maximum atomic E-state index is 5.46. The van der Waals surface area contributed by atoms with E-state index in [0.717, 1.165) is 17.6 Å². The van der Waals surface area contributed by atoms with Crippen molar-refractivity contribution in [3.63, 3.8) is 0 Å². The van der Waals surface area contributed by atoms with Crippen molar-refractivity contribution in [1.82, 2.24) is 5.32 Å². The summed E-state index contributed by atoms with van der Waals surface area (Å²) in [6, 6.07) is 9.30. The lowest BCUT2D eigenvalue weighted by atomic mass is 9.80. The second-order valence-corrected chi connectivity index (χ2v) is 6.24. The molecule has 1 N–H and O–H groups in total. The highest BCUT2D eigenvalue weighted by molar-refractivity contribution is 5.35. The van der Waals surface area contributed by atoms with Crippen LogP contribution in [0.1, 0.15) is 51.6 Å². The van der Waals surface area contributed by atoms with Crippen molar-refractivity contribution in [2.24, 2.45) is 11.8 Å². The summed E-state index contributed by atoms with van der Waals surface area (Å²) in [5.41, 5.74) is 1.26. The molecule has 1 fully saturated rings. The van der Waals surface area contributed by atoms with Gasteiger partial charge in [-0.05, 0) is 44.1 Å². The molecule has 0 aliphatic heterocycles. The van der Waals surface area contributed by atoms with Gasteiger partial charge in [-0.15, -0.1) is 0 Å². The van der Waals surface area contributed by atoms with E-state index in [9.17, 15) is 0 Å². The first kappa shape index (κ1) is 14.4. The summed E-state index contributed by atoms with van der Waals surface area (Å²) in [4.78, 5) is 0. The third kappa shape index (κ3) is 3.73. The van der Waals surface area contributed by atoms with E-state index < -0.39 is 0 Å². The van der Waals surface area contributed by atoms with Crippen molar-refractivity contribution in [3.05, 3.63) is 29.8 Å². The molecule has 0 spiro atoms. The van der Waals surface area contributed by atoms with Crippen molar-refractivity contribution >= 4 is 0 Å². The molecule has 2 heteroatoms. The van der Waals surface area contributed by atoms with Gasteiger partial charge in [-0.1, -0.05) is 32.0 Å². The SMILES string of the molecule is COc1ccccc1[C@H](C)NC1CC(C)CC(C)C1. The molecule has 0 aromatic heterocycles. The van der Waals surface area contributed by atoms with Crippen LogP contribution < -0.4 is 10.1 Å². The predicted octanol–water partition coefficient (Wildman–Crippen LogP) is 4.17. The van der Waals surface area contributed by atoms with Crippen LogP contribution in [0.4, 0.5) is 0 Å². The van der Waals surface area contributed by atoms with Gasteiger partial charge < -0.3 is 10.1 Å². The highest BCUT2D eigenvalue weighted by Gasteiger charge is 2.25. The minimum absolute atomic E-state index is 0.346. The fourth-order valence-corrected chi connectivity index (χ4v) is 3.55. The Morgan fingerprint density at radius 3 is 2.37 bits per heavy atom. The Labute approximate surface area is 117 Å². The van der Waals surface area contributed by atoms with E-state index in [-0.39, 0.29) is 0 Å². The molecule has 19 heavy (non-hydrogen) atoms. The molecular weight excluding hydrogens is 234 g/mol. The Hall–Kier alpha value is -1.02. The quantitative estimate of drug-likeness (QED) is 0.878. The molecule has 1 aromatic carbocycles. The van der Waals surface area contributed by atoms with Crippen molar-refractivity contribution in [3.8, 4) is 5.75 Å². The Morgan fingerprint density at radius 2 is 1.74 bits per heavy atom. The van der Waals surface area contributed by atoms with E-state index in [1.54, 1.807) is 7.11 Å². The van der Waals surface area contributed by atoms with Crippen LogP contribution in [0.2, 0.25) is 0 Å². The lowest BCUT2D eigenvalue weighted by molar-refractivity contribution is 0.227. The van der Waals surface area contributed by atoms with Gasteiger partial charge in [-0.2, -0.15) is 0 Å². The van der Waals surface area contributed by atoms with Crippen LogP contribution in [-0.4, -0.2) is 13.2 Å². The van der Waals surface area contributed by atoms with E-state index in [0.29, 0.717) is 12.1 Å². The second kappa shape index (κ2) is 6.42. The van der Waals surface area contributed by atoms with E-state index >= 15 is 0 Å². The molecule has 2 unspecified atom stereocenters. The standard InChI is InChI=1S/C17H27NO/c1-12-9-13(2)11-15(10-12)18-14(3)16-7-5-6-8-17(16)19-4/h5-8,12-15,18H,9-11H2,1-4H3/t12?,13?,14-,15?/m0/s1. The molecule has 3 atom stereocenters. The van der Waals surface area contributed by atoms with Crippen molar-refractivity contribution in [1.29, 1.82) is 0 Å².